The summed E-state index contributed by atoms with van der Waals surface area (Å²) in [7, 11) is 0. The molecular formula is C17H13N3O3S. The maximum absolute atomic E-state index is 11.9. The van der Waals surface area contributed by atoms with Crippen molar-refractivity contribution in [2.45, 2.75) is 0 Å². The van der Waals surface area contributed by atoms with E-state index in [1.165, 1.54) is 36.2 Å². The number of thioether (sulfide) groups is 1. The first kappa shape index (κ1) is 15.8. The molecule has 3 N–H and O–H groups in total. The van der Waals surface area contributed by atoms with E-state index in [0.29, 0.717) is 15.6 Å². The summed E-state index contributed by atoms with van der Waals surface area (Å²) in [5.41, 5.74) is 1.33. The highest BCUT2D eigenvalue weighted by molar-refractivity contribution is 8.18. The second kappa shape index (κ2) is 7.01. The monoisotopic (exact) mass is 339 g/mol. The first-order valence-corrected chi connectivity index (χ1v) is 7.82. The number of hydrogen-bond acceptors (Lipinski definition) is 6. The molecule has 0 saturated carbocycles. The van der Waals surface area contributed by atoms with Crippen molar-refractivity contribution in [2.75, 3.05) is 0 Å². The van der Waals surface area contributed by atoms with Crippen LogP contribution in [0.3, 0.4) is 0 Å². The molecule has 0 bridgehead atoms. The molecule has 0 radical (unpaired) electrons. The van der Waals surface area contributed by atoms with E-state index < -0.39 is 0 Å². The summed E-state index contributed by atoms with van der Waals surface area (Å²) in [6.07, 6.45) is 3.12. The molecular weight excluding hydrogens is 326 g/mol. The maximum Gasteiger partial charge on any atom is 0.264 e. The lowest BCUT2D eigenvalue weighted by molar-refractivity contribution is -0.115. The van der Waals surface area contributed by atoms with Crippen molar-refractivity contribution in [2.24, 2.45) is 10.2 Å². The van der Waals surface area contributed by atoms with E-state index >= 15 is 0 Å². The lowest BCUT2D eigenvalue weighted by Gasteiger charge is -1.97. The van der Waals surface area contributed by atoms with Crippen LogP contribution in [0.1, 0.15) is 11.1 Å². The second-order valence-corrected chi connectivity index (χ2v) is 5.90. The minimum absolute atomic E-state index is 0.0368. The van der Waals surface area contributed by atoms with Crippen LogP contribution in [0.25, 0.3) is 6.08 Å². The van der Waals surface area contributed by atoms with Gasteiger partial charge in [-0.25, -0.2) is 0 Å². The van der Waals surface area contributed by atoms with Gasteiger partial charge < -0.3 is 10.2 Å². The molecule has 0 atom stereocenters. The molecule has 6 nitrogen and oxygen atoms in total. The Morgan fingerprint density at radius 2 is 1.88 bits per heavy atom. The van der Waals surface area contributed by atoms with Crippen LogP contribution in [0.15, 0.2) is 63.6 Å². The van der Waals surface area contributed by atoms with E-state index in [9.17, 15) is 15.0 Å². The summed E-state index contributed by atoms with van der Waals surface area (Å²) >= 11 is 1.19. The number of benzene rings is 2. The topological polar surface area (TPSA) is 94.3 Å². The van der Waals surface area contributed by atoms with Gasteiger partial charge in [-0.15, -0.1) is 5.10 Å². The Balaban J connectivity index is 1.72. The van der Waals surface area contributed by atoms with Gasteiger partial charge in [0.2, 0.25) is 0 Å². The van der Waals surface area contributed by atoms with Gasteiger partial charge in [0, 0.05) is 11.6 Å². The molecule has 1 saturated heterocycles. The molecule has 1 aliphatic heterocycles. The second-order valence-electron chi connectivity index (χ2n) is 4.87. The molecule has 0 aromatic heterocycles. The van der Waals surface area contributed by atoms with E-state index in [1.807, 2.05) is 30.3 Å². The minimum atomic E-state index is -0.231. The summed E-state index contributed by atoms with van der Waals surface area (Å²) in [5.74, 6) is -0.373. The van der Waals surface area contributed by atoms with Crippen LogP contribution >= 0.6 is 11.8 Å². The average Bonchev–Trinajstić information content (AvgIpc) is 2.90. The minimum Gasteiger partial charge on any atom is -0.508 e. The molecule has 0 unspecified atom stereocenters. The molecule has 2 aromatic rings. The largest absolute Gasteiger partial charge is 0.508 e. The zero-order chi connectivity index (χ0) is 16.9. The molecule has 1 fully saturated rings. The number of aromatic hydroxyl groups is 2. The van der Waals surface area contributed by atoms with Crippen molar-refractivity contribution in [1.29, 1.82) is 0 Å². The number of rotatable bonds is 3. The zero-order valence-corrected chi connectivity index (χ0v) is 13.2. The Morgan fingerprint density at radius 3 is 2.62 bits per heavy atom. The lowest BCUT2D eigenvalue weighted by Crippen LogP contribution is -2.19. The number of nitrogens with zero attached hydrogens (tertiary/aromatic N) is 2. The third-order valence-corrected chi connectivity index (χ3v) is 4.01. The zero-order valence-electron chi connectivity index (χ0n) is 12.4. The van der Waals surface area contributed by atoms with Crippen molar-refractivity contribution >= 4 is 35.1 Å². The number of amides is 1. The van der Waals surface area contributed by atoms with Gasteiger partial charge in [-0.1, -0.05) is 30.3 Å². The summed E-state index contributed by atoms with van der Waals surface area (Å²) in [6.45, 7) is 0. The SMILES string of the molecule is O=C1N/C(=N\N=C\c2ccc(O)cc2O)S/C1=C/c1ccccc1. The number of carbonyl (C=O) groups excluding carboxylic acids is 1. The summed E-state index contributed by atoms with van der Waals surface area (Å²) in [5, 5.41) is 29.6. The van der Waals surface area contributed by atoms with Gasteiger partial charge in [0.1, 0.15) is 11.5 Å². The van der Waals surface area contributed by atoms with E-state index in [4.69, 9.17) is 0 Å². The molecule has 7 heteroatoms. The third kappa shape index (κ3) is 3.82. The van der Waals surface area contributed by atoms with Crippen molar-refractivity contribution in [1.82, 2.24) is 5.32 Å². The Kier molecular flexibility index (Phi) is 4.62. The molecule has 1 heterocycles. The number of carbonyl (C=O) groups is 1. The molecule has 3 rings (SSSR count). The summed E-state index contributed by atoms with van der Waals surface area (Å²) in [6, 6.07) is 13.7. The van der Waals surface area contributed by atoms with Crippen LogP contribution in [0.5, 0.6) is 11.5 Å². The van der Waals surface area contributed by atoms with Crippen molar-refractivity contribution in [3.63, 3.8) is 0 Å². The molecule has 1 aliphatic rings. The fraction of sp³-hybridized carbons (Fsp3) is 0. The van der Waals surface area contributed by atoms with E-state index in [2.05, 4.69) is 15.5 Å². The number of hydrogen-bond donors (Lipinski definition) is 3. The highest BCUT2D eigenvalue weighted by Gasteiger charge is 2.23. The number of phenols is 2. The van der Waals surface area contributed by atoms with Gasteiger partial charge in [0.05, 0.1) is 11.1 Å². The van der Waals surface area contributed by atoms with Crippen LogP contribution in [0.4, 0.5) is 0 Å². The molecule has 120 valence electrons. The number of amidine groups is 1. The van der Waals surface area contributed by atoms with E-state index in [-0.39, 0.29) is 17.4 Å². The van der Waals surface area contributed by atoms with Crippen LogP contribution in [0, 0.1) is 0 Å². The third-order valence-electron chi connectivity index (χ3n) is 3.11. The fourth-order valence-electron chi connectivity index (χ4n) is 1.96. The fourth-order valence-corrected chi connectivity index (χ4v) is 2.74. The van der Waals surface area contributed by atoms with Gasteiger partial charge in [-0.2, -0.15) is 5.10 Å². The van der Waals surface area contributed by atoms with Gasteiger partial charge in [0.15, 0.2) is 5.17 Å². The Hall–Kier alpha value is -3.06. The predicted octanol–water partition coefficient (Wildman–Crippen LogP) is 2.69. The molecule has 2 aromatic carbocycles. The van der Waals surface area contributed by atoms with Gasteiger partial charge in [-0.05, 0) is 35.5 Å². The van der Waals surface area contributed by atoms with Crippen molar-refractivity contribution < 1.29 is 15.0 Å². The van der Waals surface area contributed by atoms with E-state index in [0.717, 1.165) is 5.56 Å². The van der Waals surface area contributed by atoms with Crippen LogP contribution < -0.4 is 5.32 Å². The highest BCUT2D eigenvalue weighted by atomic mass is 32.2. The molecule has 24 heavy (non-hydrogen) atoms. The molecule has 0 spiro atoms. The Labute approximate surface area is 142 Å². The van der Waals surface area contributed by atoms with E-state index in [1.54, 1.807) is 6.08 Å². The predicted molar refractivity (Wildman–Crippen MR) is 95.0 cm³/mol. The van der Waals surface area contributed by atoms with Crippen molar-refractivity contribution in [3.05, 3.63) is 64.6 Å². The first-order chi connectivity index (χ1) is 11.6. The number of nitrogens with one attached hydrogen (secondary N) is 1. The van der Waals surface area contributed by atoms with Gasteiger partial charge in [-0.3, -0.25) is 10.1 Å². The normalized spacial score (nSPS) is 17.8. The van der Waals surface area contributed by atoms with Gasteiger partial charge >= 0.3 is 0 Å². The van der Waals surface area contributed by atoms with Crippen LogP contribution in [-0.2, 0) is 4.79 Å². The summed E-state index contributed by atoms with van der Waals surface area (Å²) in [4.78, 5) is 12.4. The summed E-state index contributed by atoms with van der Waals surface area (Å²) < 4.78 is 0. The number of phenolic OH excluding ortho intramolecular Hbond substituents is 2. The Morgan fingerprint density at radius 1 is 1.08 bits per heavy atom. The van der Waals surface area contributed by atoms with Crippen molar-refractivity contribution in [3.8, 4) is 11.5 Å². The first-order valence-electron chi connectivity index (χ1n) is 7.01. The average molecular weight is 339 g/mol. The lowest BCUT2D eigenvalue weighted by atomic mass is 10.2. The smallest absolute Gasteiger partial charge is 0.264 e. The Bertz CT molecular complexity index is 861. The van der Waals surface area contributed by atoms with Crippen LogP contribution in [-0.4, -0.2) is 27.5 Å². The standard InChI is InChI=1S/C17H13N3O3S/c21-13-7-6-12(14(22)9-13)10-18-20-17-19-16(23)15(24-17)8-11-4-2-1-3-5-11/h1-10,21-22H,(H,19,20,23)/b15-8+,18-10+. The highest BCUT2D eigenvalue weighted by Crippen LogP contribution is 2.26. The van der Waals surface area contributed by atoms with Gasteiger partial charge in [0.25, 0.3) is 5.91 Å². The van der Waals surface area contributed by atoms with Crippen LogP contribution in [0.2, 0.25) is 0 Å². The molecule has 1 amide bonds. The molecule has 0 aliphatic carbocycles. The maximum atomic E-state index is 11.9. The quantitative estimate of drug-likeness (QED) is 0.455.